The Balaban J connectivity index is 0. The molecule has 2 N–H and O–H groups in total. The lowest BCUT2D eigenvalue weighted by molar-refractivity contribution is 0.191. The van der Waals surface area contributed by atoms with Gasteiger partial charge in [0.05, 0.1) is 6.61 Å². The minimum absolute atomic E-state index is 0. The molecule has 0 aliphatic carbocycles. The van der Waals surface area contributed by atoms with Crippen LogP contribution in [0.2, 0.25) is 0 Å². The molecule has 3 heteroatoms. The summed E-state index contributed by atoms with van der Waals surface area (Å²) in [6.45, 7) is 7.07. The van der Waals surface area contributed by atoms with E-state index in [0.717, 1.165) is 6.54 Å². The van der Waals surface area contributed by atoms with Crippen LogP contribution in [0.25, 0.3) is 0 Å². The van der Waals surface area contributed by atoms with Gasteiger partial charge in [-0.15, -0.1) is 12.4 Å². The largest absolute Gasteiger partial charge is 0.394 e. The van der Waals surface area contributed by atoms with Gasteiger partial charge in [-0.25, -0.2) is 0 Å². The summed E-state index contributed by atoms with van der Waals surface area (Å²) in [7, 11) is 0. The molecule has 0 amide bonds. The summed E-state index contributed by atoms with van der Waals surface area (Å²) in [6, 6.07) is 0. The summed E-state index contributed by atoms with van der Waals surface area (Å²) in [5.74, 6) is 0. The zero-order chi connectivity index (χ0) is 6.62. The van der Waals surface area contributed by atoms with Gasteiger partial charge in [-0.3, -0.25) is 0 Å². The van der Waals surface area contributed by atoms with Crippen molar-refractivity contribution in [1.82, 2.24) is 5.32 Å². The van der Waals surface area contributed by atoms with Crippen molar-refractivity contribution < 1.29 is 5.11 Å². The summed E-state index contributed by atoms with van der Waals surface area (Å²) >= 11 is 0. The Morgan fingerprint density at radius 2 is 1.89 bits per heavy atom. The molecular formula is C6H16ClNO. The topological polar surface area (TPSA) is 32.3 Å². The average molecular weight is 154 g/mol. The molecule has 0 unspecified atom stereocenters. The van der Waals surface area contributed by atoms with Crippen LogP contribution < -0.4 is 5.32 Å². The third-order valence-corrected chi connectivity index (χ3v) is 1.05. The van der Waals surface area contributed by atoms with Crippen LogP contribution in [0.15, 0.2) is 0 Å². The highest BCUT2D eigenvalue weighted by molar-refractivity contribution is 5.85. The van der Waals surface area contributed by atoms with E-state index in [-0.39, 0.29) is 24.6 Å². The Labute approximate surface area is 63.1 Å². The van der Waals surface area contributed by atoms with Crippen LogP contribution in [0.3, 0.4) is 0 Å². The number of hydrogen-bond donors (Lipinski definition) is 2. The van der Waals surface area contributed by atoms with Crippen molar-refractivity contribution in [3.8, 4) is 0 Å². The second-order valence-electron chi connectivity index (χ2n) is 2.57. The van der Waals surface area contributed by atoms with E-state index in [1.807, 2.05) is 20.8 Å². The summed E-state index contributed by atoms with van der Waals surface area (Å²) in [4.78, 5) is 0. The number of rotatable bonds is 3. The molecule has 0 aliphatic rings. The lowest BCUT2D eigenvalue weighted by Crippen LogP contribution is -2.42. The van der Waals surface area contributed by atoms with Gasteiger partial charge in [0.15, 0.2) is 0 Å². The molecule has 0 fully saturated rings. The Morgan fingerprint density at radius 3 is 2.00 bits per heavy atom. The third-order valence-electron chi connectivity index (χ3n) is 1.05. The van der Waals surface area contributed by atoms with E-state index in [1.54, 1.807) is 0 Å². The number of likely N-dealkylation sites (N-methyl/N-ethyl adjacent to an activating group) is 1. The maximum absolute atomic E-state index is 8.66. The third kappa shape index (κ3) is 6.09. The number of aliphatic hydroxyl groups is 1. The van der Waals surface area contributed by atoms with E-state index in [9.17, 15) is 0 Å². The van der Waals surface area contributed by atoms with Gasteiger partial charge < -0.3 is 10.4 Å². The van der Waals surface area contributed by atoms with Gasteiger partial charge in [0.2, 0.25) is 0 Å². The predicted molar refractivity (Wildman–Crippen MR) is 42.1 cm³/mol. The van der Waals surface area contributed by atoms with Crippen LogP contribution in [0.1, 0.15) is 20.8 Å². The standard InChI is InChI=1S/C6H15NO.ClH/c1-4-7-6(2,3)5-8;/h7-8H,4-5H2,1-3H3;1H. The van der Waals surface area contributed by atoms with Crippen LogP contribution in [-0.2, 0) is 0 Å². The molecule has 0 aromatic heterocycles. The van der Waals surface area contributed by atoms with Crippen molar-refractivity contribution in [2.45, 2.75) is 26.3 Å². The molecule has 0 aliphatic heterocycles. The quantitative estimate of drug-likeness (QED) is 0.629. The molecule has 2 nitrogen and oxygen atoms in total. The van der Waals surface area contributed by atoms with E-state index in [2.05, 4.69) is 5.32 Å². The van der Waals surface area contributed by atoms with Gasteiger partial charge in [-0.05, 0) is 20.4 Å². The highest BCUT2D eigenvalue weighted by atomic mass is 35.5. The average Bonchev–Trinajstić information content (AvgIpc) is 1.67. The van der Waals surface area contributed by atoms with Crippen molar-refractivity contribution in [3.05, 3.63) is 0 Å². The first-order valence-electron chi connectivity index (χ1n) is 2.98. The van der Waals surface area contributed by atoms with E-state index in [1.165, 1.54) is 0 Å². The van der Waals surface area contributed by atoms with E-state index < -0.39 is 0 Å². The highest BCUT2D eigenvalue weighted by Crippen LogP contribution is 1.97. The first-order valence-corrected chi connectivity index (χ1v) is 2.98. The van der Waals surface area contributed by atoms with Crippen molar-refractivity contribution >= 4 is 12.4 Å². The molecule has 0 atom stereocenters. The fraction of sp³-hybridized carbons (Fsp3) is 1.00. The smallest absolute Gasteiger partial charge is 0.0607 e. The van der Waals surface area contributed by atoms with Crippen molar-refractivity contribution in [2.75, 3.05) is 13.2 Å². The van der Waals surface area contributed by atoms with Gasteiger partial charge in [-0.1, -0.05) is 6.92 Å². The van der Waals surface area contributed by atoms with Crippen LogP contribution in [-0.4, -0.2) is 23.8 Å². The minimum Gasteiger partial charge on any atom is -0.394 e. The molecule has 0 radical (unpaired) electrons. The van der Waals surface area contributed by atoms with Crippen molar-refractivity contribution in [2.24, 2.45) is 0 Å². The van der Waals surface area contributed by atoms with Gasteiger partial charge in [-0.2, -0.15) is 0 Å². The molecule has 0 rings (SSSR count). The predicted octanol–water partition coefficient (Wildman–Crippen LogP) is 0.789. The minimum atomic E-state index is -0.102. The fourth-order valence-corrected chi connectivity index (χ4v) is 0.534. The molecule has 58 valence electrons. The van der Waals surface area contributed by atoms with E-state index in [4.69, 9.17) is 5.11 Å². The zero-order valence-corrected chi connectivity index (χ0v) is 7.09. The van der Waals surface area contributed by atoms with Gasteiger partial charge >= 0.3 is 0 Å². The Kier molecular flexibility index (Phi) is 6.68. The van der Waals surface area contributed by atoms with Crippen molar-refractivity contribution in [1.29, 1.82) is 0 Å². The van der Waals surface area contributed by atoms with E-state index in [0.29, 0.717) is 0 Å². The molecule has 0 heterocycles. The number of hydrogen-bond acceptors (Lipinski definition) is 2. The number of nitrogens with one attached hydrogen (secondary N) is 1. The van der Waals surface area contributed by atoms with Crippen LogP contribution >= 0.6 is 12.4 Å². The number of halogens is 1. The SMILES string of the molecule is CCNC(C)(C)CO.Cl. The highest BCUT2D eigenvalue weighted by Gasteiger charge is 2.12. The molecule has 0 aromatic rings. The molecule has 0 saturated heterocycles. The summed E-state index contributed by atoms with van der Waals surface area (Å²) in [5, 5.41) is 11.8. The first kappa shape index (κ1) is 11.9. The maximum atomic E-state index is 8.66. The second kappa shape index (κ2) is 5.03. The second-order valence-corrected chi connectivity index (χ2v) is 2.57. The molecule has 9 heavy (non-hydrogen) atoms. The Morgan fingerprint density at radius 1 is 1.44 bits per heavy atom. The van der Waals surface area contributed by atoms with Crippen LogP contribution in [0, 0.1) is 0 Å². The van der Waals surface area contributed by atoms with Gasteiger partial charge in [0.1, 0.15) is 0 Å². The van der Waals surface area contributed by atoms with Gasteiger partial charge in [0, 0.05) is 5.54 Å². The monoisotopic (exact) mass is 153 g/mol. The maximum Gasteiger partial charge on any atom is 0.0607 e. The van der Waals surface area contributed by atoms with Crippen molar-refractivity contribution in [3.63, 3.8) is 0 Å². The molecule has 0 aromatic carbocycles. The normalized spacial score (nSPS) is 10.7. The first-order chi connectivity index (χ1) is 3.62. The molecule has 0 bridgehead atoms. The summed E-state index contributed by atoms with van der Waals surface area (Å²) in [6.07, 6.45) is 0. The lowest BCUT2D eigenvalue weighted by atomic mass is 10.1. The Hall–Kier alpha value is 0.210. The summed E-state index contributed by atoms with van der Waals surface area (Å²) < 4.78 is 0. The van der Waals surface area contributed by atoms with Crippen LogP contribution in [0.5, 0.6) is 0 Å². The summed E-state index contributed by atoms with van der Waals surface area (Å²) in [5.41, 5.74) is -0.102. The molecule has 0 spiro atoms. The van der Waals surface area contributed by atoms with E-state index >= 15 is 0 Å². The fourth-order valence-electron chi connectivity index (χ4n) is 0.534. The number of aliphatic hydroxyl groups excluding tert-OH is 1. The molecule has 0 saturated carbocycles. The van der Waals surface area contributed by atoms with Crippen LogP contribution in [0.4, 0.5) is 0 Å². The Bertz CT molecular complexity index is 66.1. The lowest BCUT2D eigenvalue weighted by Gasteiger charge is -2.21. The molecular weight excluding hydrogens is 138 g/mol. The zero-order valence-electron chi connectivity index (χ0n) is 6.27. The van der Waals surface area contributed by atoms with Gasteiger partial charge in [0.25, 0.3) is 0 Å².